The Kier molecular flexibility index (Phi) is 1.87. The first-order chi connectivity index (χ1) is 7.88. The highest BCUT2D eigenvalue weighted by molar-refractivity contribution is 6.03. The first kappa shape index (κ1) is 8.93. The van der Waals surface area contributed by atoms with Crippen molar-refractivity contribution in [2.45, 2.75) is 6.42 Å². The van der Waals surface area contributed by atoms with Gasteiger partial charge in [-0.1, -0.05) is 18.2 Å². The van der Waals surface area contributed by atoms with Crippen molar-refractivity contribution in [2.24, 2.45) is 0 Å². The van der Waals surface area contributed by atoms with Crippen LogP contribution in [-0.4, -0.2) is 9.97 Å². The van der Waals surface area contributed by atoms with Gasteiger partial charge in [-0.3, -0.25) is 4.98 Å². The molecule has 3 heteroatoms. The fourth-order valence-corrected chi connectivity index (χ4v) is 1.98. The second-order valence-electron chi connectivity index (χ2n) is 3.73. The molecule has 76 valence electrons. The Morgan fingerprint density at radius 2 is 2.12 bits per heavy atom. The van der Waals surface area contributed by atoms with E-state index in [4.69, 9.17) is 5.26 Å². The number of hydrogen-bond donors (Lipinski definition) is 1. The van der Waals surface area contributed by atoms with E-state index in [0.717, 1.165) is 27.5 Å². The summed E-state index contributed by atoms with van der Waals surface area (Å²) in [6.07, 6.45) is 2.19. The number of H-pyrrole nitrogens is 1. The molecule has 0 saturated carbocycles. The minimum atomic E-state index is 0.406. The van der Waals surface area contributed by atoms with Crippen LogP contribution in [0, 0.1) is 11.3 Å². The topological polar surface area (TPSA) is 52.5 Å². The molecule has 16 heavy (non-hydrogen) atoms. The van der Waals surface area contributed by atoms with Crippen LogP contribution in [0.25, 0.3) is 21.8 Å². The lowest BCUT2D eigenvalue weighted by atomic mass is 10.1. The van der Waals surface area contributed by atoms with Crippen LogP contribution in [0.5, 0.6) is 0 Å². The van der Waals surface area contributed by atoms with E-state index in [9.17, 15) is 0 Å². The largest absolute Gasteiger partial charge is 0.356 e. The molecule has 0 aliphatic heterocycles. The number of fused-ring (bicyclic) bond motifs is 3. The summed E-state index contributed by atoms with van der Waals surface area (Å²) in [7, 11) is 0. The summed E-state index contributed by atoms with van der Waals surface area (Å²) in [5, 5.41) is 10.9. The predicted molar refractivity (Wildman–Crippen MR) is 62.9 cm³/mol. The molecule has 0 atom stereocenters. The maximum absolute atomic E-state index is 8.67. The average Bonchev–Trinajstić information content (AvgIpc) is 2.72. The molecule has 3 nitrogen and oxygen atoms in total. The van der Waals surface area contributed by atoms with Gasteiger partial charge in [-0.15, -0.1) is 0 Å². The van der Waals surface area contributed by atoms with Crippen molar-refractivity contribution in [3.8, 4) is 6.07 Å². The Morgan fingerprint density at radius 3 is 3.00 bits per heavy atom. The highest BCUT2D eigenvalue weighted by atomic mass is 14.8. The summed E-state index contributed by atoms with van der Waals surface area (Å²) >= 11 is 0. The highest BCUT2D eigenvalue weighted by Crippen LogP contribution is 2.23. The lowest BCUT2D eigenvalue weighted by molar-refractivity contribution is 1.17. The van der Waals surface area contributed by atoms with E-state index in [1.165, 1.54) is 0 Å². The van der Waals surface area contributed by atoms with Gasteiger partial charge in [0.2, 0.25) is 0 Å². The standard InChI is InChI=1S/C13H9N3/c14-6-5-11-8-10-4-3-9-2-1-7-15-12(9)13(10)16-11/h1-4,7-8,16H,5H2. The Labute approximate surface area is 92.3 Å². The number of rotatable bonds is 1. The smallest absolute Gasteiger partial charge is 0.0942 e. The fourth-order valence-electron chi connectivity index (χ4n) is 1.98. The van der Waals surface area contributed by atoms with Gasteiger partial charge in [0.15, 0.2) is 0 Å². The number of nitriles is 1. The fraction of sp³-hybridized carbons (Fsp3) is 0.0769. The first-order valence-corrected chi connectivity index (χ1v) is 5.11. The van der Waals surface area contributed by atoms with E-state index in [1.807, 2.05) is 18.2 Å². The van der Waals surface area contributed by atoms with Gasteiger partial charge in [-0.25, -0.2) is 0 Å². The second kappa shape index (κ2) is 3.35. The summed E-state index contributed by atoms with van der Waals surface area (Å²) in [6.45, 7) is 0. The molecule has 0 radical (unpaired) electrons. The highest BCUT2D eigenvalue weighted by Gasteiger charge is 2.04. The number of nitrogens with zero attached hydrogens (tertiary/aromatic N) is 2. The summed E-state index contributed by atoms with van der Waals surface area (Å²) in [5.41, 5.74) is 2.92. The number of aromatic nitrogens is 2. The first-order valence-electron chi connectivity index (χ1n) is 5.11. The molecular formula is C13H9N3. The summed E-state index contributed by atoms with van der Waals surface area (Å²) in [4.78, 5) is 7.62. The van der Waals surface area contributed by atoms with Crippen molar-refractivity contribution in [1.82, 2.24) is 9.97 Å². The van der Waals surface area contributed by atoms with Crippen LogP contribution >= 0.6 is 0 Å². The third-order valence-corrected chi connectivity index (χ3v) is 2.69. The molecule has 2 heterocycles. The van der Waals surface area contributed by atoms with Crippen LogP contribution in [0.1, 0.15) is 5.69 Å². The lowest BCUT2D eigenvalue weighted by Crippen LogP contribution is -1.81. The van der Waals surface area contributed by atoms with Crippen molar-refractivity contribution in [3.63, 3.8) is 0 Å². The molecule has 0 aliphatic rings. The van der Waals surface area contributed by atoms with Gasteiger partial charge < -0.3 is 4.98 Å². The summed E-state index contributed by atoms with van der Waals surface area (Å²) in [5.74, 6) is 0. The Bertz CT molecular complexity index is 704. The summed E-state index contributed by atoms with van der Waals surface area (Å²) in [6, 6.07) is 12.2. The normalized spacial score (nSPS) is 10.7. The van der Waals surface area contributed by atoms with Gasteiger partial charge in [0.1, 0.15) is 0 Å². The summed E-state index contributed by atoms with van der Waals surface area (Å²) < 4.78 is 0. The molecule has 3 rings (SSSR count). The number of nitrogens with one attached hydrogen (secondary N) is 1. The zero-order chi connectivity index (χ0) is 11.0. The number of benzene rings is 1. The molecule has 1 N–H and O–H groups in total. The van der Waals surface area contributed by atoms with Crippen LogP contribution in [0.15, 0.2) is 36.5 Å². The van der Waals surface area contributed by atoms with Crippen LogP contribution in [-0.2, 0) is 6.42 Å². The second-order valence-corrected chi connectivity index (χ2v) is 3.73. The minimum absolute atomic E-state index is 0.406. The zero-order valence-corrected chi connectivity index (χ0v) is 8.57. The molecule has 0 amide bonds. The van der Waals surface area contributed by atoms with Crippen LogP contribution in [0.3, 0.4) is 0 Å². The monoisotopic (exact) mass is 207 g/mol. The maximum atomic E-state index is 8.67. The van der Waals surface area contributed by atoms with E-state index in [1.54, 1.807) is 6.20 Å². The Morgan fingerprint density at radius 1 is 1.25 bits per heavy atom. The third-order valence-electron chi connectivity index (χ3n) is 2.69. The molecule has 3 aromatic rings. The van der Waals surface area contributed by atoms with Gasteiger partial charge in [-0.05, 0) is 12.1 Å². The van der Waals surface area contributed by atoms with E-state index in [0.29, 0.717) is 6.42 Å². The van der Waals surface area contributed by atoms with Crippen molar-refractivity contribution >= 4 is 21.8 Å². The minimum Gasteiger partial charge on any atom is -0.356 e. The molecule has 0 spiro atoms. The molecule has 0 bridgehead atoms. The van der Waals surface area contributed by atoms with E-state index in [2.05, 4.69) is 28.2 Å². The van der Waals surface area contributed by atoms with Gasteiger partial charge >= 0.3 is 0 Å². The Hall–Kier alpha value is -2.34. The van der Waals surface area contributed by atoms with Crippen molar-refractivity contribution < 1.29 is 0 Å². The van der Waals surface area contributed by atoms with E-state index in [-0.39, 0.29) is 0 Å². The Balaban J connectivity index is 2.38. The molecular weight excluding hydrogens is 198 g/mol. The predicted octanol–water partition coefficient (Wildman–Crippen LogP) is 2.78. The molecule has 2 aromatic heterocycles. The quantitative estimate of drug-likeness (QED) is 0.667. The van der Waals surface area contributed by atoms with E-state index < -0.39 is 0 Å². The zero-order valence-electron chi connectivity index (χ0n) is 8.57. The average molecular weight is 207 g/mol. The molecule has 1 aromatic carbocycles. The molecule has 0 fully saturated rings. The third kappa shape index (κ3) is 1.24. The SMILES string of the molecule is N#CCc1cc2ccc3cccnc3c2[nH]1. The lowest BCUT2D eigenvalue weighted by Gasteiger charge is -1.97. The van der Waals surface area contributed by atoms with Gasteiger partial charge in [0, 0.05) is 22.7 Å². The molecule has 0 unspecified atom stereocenters. The van der Waals surface area contributed by atoms with Crippen molar-refractivity contribution in [2.75, 3.05) is 0 Å². The van der Waals surface area contributed by atoms with Crippen LogP contribution in [0.4, 0.5) is 0 Å². The van der Waals surface area contributed by atoms with Crippen LogP contribution in [0.2, 0.25) is 0 Å². The van der Waals surface area contributed by atoms with Gasteiger partial charge in [-0.2, -0.15) is 5.26 Å². The number of pyridine rings is 1. The number of hydrogen-bond acceptors (Lipinski definition) is 2. The van der Waals surface area contributed by atoms with Gasteiger partial charge in [0.05, 0.1) is 23.5 Å². The maximum Gasteiger partial charge on any atom is 0.0942 e. The van der Waals surface area contributed by atoms with Crippen molar-refractivity contribution in [3.05, 3.63) is 42.2 Å². The van der Waals surface area contributed by atoms with Crippen LogP contribution < -0.4 is 0 Å². The molecule has 0 aliphatic carbocycles. The van der Waals surface area contributed by atoms with E-state index >= 15 is 0 Å². The van der Waals surface area contributed by atoms with Gasteiger partial charge in [0.25, 0.3) is 0 Å². The van der Waals surface area contributed by atoms with Crippen molar-refractivity contribution in [1.29, 1.82) is 5.26 Å². The number of aromatic amines is 1. The molecule has 0 saturated heterocycles.